The molecule has 22 nitrogen and oxygen atoms in total. The average molecular weight is 1350 g/mol. The highest BCUT2D eigenvalue weighted by Crippen LogP contribution is 2.44. The monoisotopic (exact) mass is 1350 g/mol. The molecule has 95 heavy (non-hydrogen) atoms. The highest BCUT2D eigenvalue weighted by molar-refractivity contribution is 7.93. The van der Waals surface area contributed by atoms with E-state index in [9.17, 15) is 22.8 Å². The number of amidine groups is 2. The summed E-state index contributed by atoms with van der Waals surface area (Å²) < 4.78 is 118. The number of ether oxygens (including phenoxy) is 2. The first kappa shape index (κ1) is 69.6. The van der Waals surface area contributed by atoms with Gasteiger partial charge in [0.05, 0.1) is 36.1 Å². The molecule has 4 heterocycles. The molecule has 2 aliphatic carbocycles. The zero-order valence-electron chi connectivity index (χ0n) is 55.2. The number of hydrogen-bond donors (Lipinski definition) is 2. The second kappa shape index (κ2) is 29.4. The minimum Gasteiger partial charge on any atom is -0.377 e. The third-order valence-electron chi connectivity index (χ3n) is 18.0. The van der Waals surface area contributed by atoms with E-state index in [0.717, 1.165) is 12.8 Å². The number of nitrogens with one attached hydrogen (secondary N) is 2. The van der Waals surface area contributed by atoms with Crippen molar-refractivity contribution in [3.05, 3.63) is 129 Å². The van der Waals surface area contributed by atoms with E-state index in [1.807, 2.05) is 39.8 Å². The van der Waals surface area contributed by atoms with Gasteiger partial charge in [-0.1, -0.05) is 97.3 Å². The molecule has 2 fully saturated rings. The standard InChI is InChI=1S/C69H84F2N10O12S2/c1-9-13-20-60-72-32-17-34-78(66(84)68(70)28-29-68)40-62(83)80(60)38-48-22-26-55(52(35-48)42-91-12-4)57-27-24-50(37-59(57)95(88,89)77-64-45(6)47(8)93-75-64)53(10-2)65-73-43-79(67(85)69(71)30-31-69)33-16-21-61(82)81(65)39-49-23-25-54(51(36-49)41-90-11-3)56-18-14-15-19-58(56)94(86,87)76-63-44(5)46(7)92-74-63/h14-15,18-19,22-27,35-37,53H,9-13,16-17,20-21,28-34,38-43H2,1-8H3,(H,74,76)(H,75,77). The number of halogens is 2. The largest absolute Gasteiger partial charge is 0.377 e. The molecule has 10 rings (SSSR count). The Morgan fingerprint density at radius 3 is 1.73 bits per heavy atom. The molecule has 4 aromatic carbocycles. The van der Waals surface area contributed by atoms with Crippen LogP contribution in [0, 0.1) is 27.7 Å². The molecule has 26 heteroatoms. The van der Waals surface area contributed by atoms with Crippen molar-refractivity contribution in [3.8, 4) is 22.3 Å². The molecular formula is C69H84F2N10O12S2. The van der Waals surface area contributed by atoms with Gasteiger partial charge in [-0.05, 0) is 144 Å². The Morgan fingerprint density at radius 1 is 0.642 bits per heavy atom. The Balaban J connectivity index is 1.07. The van der Waals surface area contributed by atoms with Crippen molar-refractivity contribution in [2.24, 2.45) is 9.98 Å². The van der Waals surface area contributed by atoms with Crippen molar-refractivity contribution >= 4 is 67.0 Å². The lowest BCUT2D eigenvalue weighted by molar-refractivity contribution is -0.143. The number of nitrogens with zero attached hydrogens (tertiary/aromatic N) is 8. The lowest BCUT2D eigenvalue weighted by Gasteiger charge is -2.31. The van der Waals surface area contributed by atoms with Crippen molar-refractivity contribution in [3.63, 3.8) is 0 Å². The summed E-state index contributed by atoms with van der Waals surface area (Å²) in [5.74, 6) is -1.44. The number of aromatic nitrogens is 2. The molecule has 0 spiro atoms. The molecule has 4 aliphatic rings. The van der Waals surface area contributed by atoms with Crippen molar-refractivity contribution in [2.75, 3.05) is 55.5 Å². The molecular weight excluding hydrogens is 1260 g/mol. The van der Waals surface area contributed by atoms with Crippen molar-refractivity contribution in [1.82, 2.24) is 29.9 Å². The first-order chi connectivity index (χ1) is 45.4. The van der Waals surface area contributed by atoms with Crippen LogP contribution in [0.2, 0.25) is 0 Å². The highest BCUT2D eigenvalue weighted by atomic mass is 32.2. The maximum Gasteiger partial charge on any atom is 0.263 e. The van der Waals surface area contributed by atoms with Crippen LogP contribution < -0.4 is 9.44 Å². The average Bonchev–Trinajstić information content (AvgIpc) is 1.77. The van der Waals surface area contributed by atoms with Crippen LogP contribution >= 0.6 is 0 Å². The van der Waals surface area contributed by atoms with Gasteiger partial charge in [0.1, 0.15) is 36.4 Å². The van der Waals surface area contributed by atoms with Gasteiger partial charge in [0.25, 0.3) is 31.9 Å². The number of alkyl halides is 2. The number of aliphatic imine (C=N–C) groups is 2. The summed E-state index contributed by atoms with van der Waals surface area (Å²) in [5, 5.41) is 7.98. The topological polar surface area (TPSA) is 269 Å². The number of rotatable bonds is 26. The van der Waals surface area contributed by atoms with Gasteiger partial charge >= 0.3 is 0 Å². The smallest absolute Gasteiger partial charge is 0.263 e. The fraction of sp³-hybridized carbons (Fsp3) is 0.478. The third-order valence-corrected chi connectivity index (χ3v) is 20.8. The molecule has 0 radical (unpaired) electrons. The number of carbonyl (C=O) groups excluding carboxylic acids is 4. The Morgan fingerprint density at radius 2 is 1.18 bits per heavy atom. The van der Waals surface area contributed by atoms with Crippen molar-refractivity contribution < 1.29 is 63.3 Å². The van der Waals surface area contributed by atoms with Gasteiger partial charge < -0.3 is 28.3 Å². The molecule has 1 atom stereocenters. The van der Waals surface area contributed by atoms with Crippen molar-refractivity contribution in [1.29, 1.82) is 0 Å². The fourth-order valence-corrected chi connectivity index (χ4v) is 14.5. The van der Waals surface area contributed by atoms with E-state index in [1.54, 1.807) is 87.2 Å². The summed E-state index contributed by atoms with van der Waals surface area (Å²) >= 11 is 0. The van der Waals surface area contributed by atoms with E-state index in [4.69, 9.17) is 28.5 Å². The van der Waals surface area contributed by atoms with Gasteiger partial charge in [0.2, 0.25) is 11.8 Å². The van der Waals surface area contributed by atoms with Crippen LogP contribution in [0.5, 0.6) is 0 Å². The number of amides is 4. The third kappa shape index (κ3) is 15.7. The van der Waals surface area contributed by atoms with E-state index in [0.29, 0.717) is 106 Å². The van der Waals surface area contributed by atoms with Crippen LogP contribution in [0.4, 0.5) is 20.4 Å². The maximum atomic E-state index is 15.8. The summed E-state index contributed by atoms with van der Waals surface area (Å²) in [6.07, 6.45) is 3.22. The molecule has 2 aromatic heterocycles. The molecule has 2 aliphatic heterocycles. The molecule has 0 bridgehead atoms. The van der Waals surface area contributed by atoms with Crippen LogP contribution in [0.25, 0.3) is 22.3 Å². The molecule has 4 amide bonds. The highest BCUT2D eigenvalue weighted by Gasteiger charge is 2.54. The minimum atomic E-state index is -4.63. The lowest BCUT2D eigenvalue weighted by atomic mass is 9.90. The van der Waals surface area contributed by atoms with Gasteiger partial charge in [-0.3, -0.25) is 43.4 Å². The first-order valence-corrected chi connectivity index (χ1v) is 35.6. The Bertz CT molecular complexity index is 4160. The predicted octanol–water partition coefficient (Wildman–Crippen LogP) is 11.6. The van der Waals surface area contributed by atoms with Crippen LogP contribution in [0.15, 0.2) is 108 Å². The second-order valence-electron chi connectivity index (χ2n) is 24.8. The molecule has 508 valence electrons. The molecule has 0 saturated heterocycles. The molecule has 6 aromatic rings. The van der Waals surface area contributed by atoms with E-state index in [2.05, 4.69) is 19.8 Å². The molecule has 1 unspecified atom stereocenters. The van der Waals surface area contributed by atoms with E-state index in [1.165, 1.54) is 26.8 Å². The number of benzene rings is 4. The summed E-state index contributed by atoms with van der Waals surface area (Å²) in [7, 11) is -8.87. The lowest BCUT2D eigenvalue weighted by Crippen LogP contribution is -2.47. The van der Waals surface area contributed by atoms with E-state index >= 15 is 22.0 Å². The fourth-order valence-electron chi connectivity index (χ4n) is 11.9. The van der Waals surface area contributed by atoms with Gasteiger partial charge in [-0.2, -0.15) is 0 Å². The number of anilines is 2. The number of sulfonamides is 2. The quantitative estimate of drug-likeness (QED) is 0.0511. The normalized spacial score (nSPS) is 17.2. The van der Waals surface area contributed by atoms with Crippen LogP contribution in [0.1, 0.15) is 155 Å². The Labute approximate surface area is 554 Å². The predicted molar refractivity (Wildman–Crippen MR) is 355 cm³/mol. The van der Waals surface area contributed by atoms with Gasteiger partial charge in [-0.15, -0.1) is 0 Å². The zero-order chi connectivity index (χ0) is 68.0. The summed E-state index contributed by atoms with van der Waals surface area (Å²) in [6, 6.07) is 22.3. The Kier molecular flexibility index (Phi) is 21.6. The summed E-state index contributed by atoms with van der Waals surface area (Å²) in [5.41, 5.74) is 1.43. The number of hydrogen-bond acceptors (Lipinski definition) is 16. The first-order valence-electron chi connectivity index (χ1n) is 32.6. The zero-order valence-corrected chi connectivity index (χ0v) is 56.8. The Hall–Kier alpha value is -8.20. The van der Waals surface area contributed by atoms with E-state index in [-0.39, 0.29) is 136 Å². The van der Waals surface area contributed by atoms with Crippen LogP contribution in [0.3, 0.4) is 0 Å². The molecule has 2 N–H and O–H groups in total. The second-order valence-corrected chi connectivity index (χ2v) is 28.1. The van der Waals surface area contributed by atoms with Crippen LogP contribution in [-0.2, 0) is 75.0 Å². The van der Waals surface area contributed by atoms with Gasteiger partial charge in [-0.25, -0.2) is 30.6 Å². The maximum absolute atomic E-state index is 15.8. The minimum absolute atomic E-state index is 0.0156. The molecule has 2 saturated carbocycles. The summed E-state index contributed by atoms with van der Waals surface area (Å²) in [6.45, 7) is 14.8. The number of carbonyl (C=O) groups is 4. The number of aryl methyl sites for hydroxylation is 2. The van der Waals surface area contributed by atoms with Gasteiger partial charge in [0, 0.05) is 73.9 Å². The van der Waals surface area contributed by atoms with Gasteiger partial charge in [0.15, 0.2) is 23.0 Å². The van der Waals surface area contributed by atoms with E-state index < -0.39 is 55.0 Å². The number of unbranched alkanes of at least 4 members (excludes halogenated alkanes) is 1. The summed E-state index contributed by atoms with van der Waals surface area (Å²) in [4.78, 5) is 72.3. The SMILES string of the molecule is CCCCC1=NCCCN(C(=O)C2(F)CC2)CC(=O)N1Cc1ccc(-c2ccc(C(CC)C3=NCN(C(=O)C4(F)CC4)CCCC(=O)N3Cc3ccc(-c4ccccc4S(=O)(=O)Nc4noc(C)c4C)c(COCC)c3)cc2S(=O)(=O)Nc2noc(C)c2C)c(COCC)c1. The van der Waals surface area contributed by atoms with Crippen LogP contribution in [-0.4, -0.2) is 139 Å². The van der Waals surface area contributed by atoms with Crippen molar-refractivity contribution in [2.45, 2.75) is 179 Å².